The van der Waals surface area contributed by atoms with Gasteiger partial charge in [-0.3, -0.25) is 29.2 Å². The SMILES string of the molecule is COC(=O)C[C@H](C(=O)N1CCCC1C1=Nc2ccc(-c3ccc(-c4ccc5c(c4)CC([C@@H]4CCCN4C(=O)[C@@H](CC(=O)OC)C(C)C)=N5)c4c3CC3(C4)OCCO3)cc2C1)C(C)C. The maximum atomic E-state index is 13.9. The summed E-state index contributed by atoms with van der Waals surface area (Å²) in [5.74, 6) is -2.23. The number of ether oxygens (including phenoxy) is 4. The molecule has 6 aliphatic rings. The van der Waals surface area contributed by atoms with E-state index in [-0.39, 0.29) is 60.5 Å². The van der Waals surface area contributed by atoms with Gasteiger partial charge < -0.3 is 28.7 Å². The monoisotopic (exact) mass is 856 g/mol. The number of fused-ring (bicyclic) bond motifs is 3. The summed E-state index contributed by atoms with van der Waals surface area (Å²) in [5, 5.41) is 0. The number of aliphatic imine (C=N–C) groups is 2. The fourth-order valence-corrected chi connectivity index (χ4v) is 11.0. The Morgan fingerprint density at radius 3 is 1.49 bits per heavy atom. The molecule has 4 atom stereocenters. The number of hydrogen-bond donors (Lipinski definition) is 0. The number of nitrogens with zero attached hydrogens (tertiary/aromatic N) is 4. The van der Waals surface area contributed by atoms with Crippen LogP contribution in [-0.2, 0) is 63.8 Å². The standard InChI is InChI=1S/C51H60N4O8/c1-29(2)37(25-47(56)60-5)49(58)54-17-7-9-45(54)43-23-33-21-31(11-15-41(33)52-43)35-13-14-36(40-28-51(27-39(35)40)62-19-20-63-51)32-12-16-42-34(22-32)24-44(53-42)46-10-8-18-55(46)50(59)38(30(3)4)26-48(57)61-6/h11-16,21-22,29-30,37-38,45-46H,7-10,17-20,23-28H2,1-6H3/t37-,38-,45-,46?/m0/s1. The van der Waals surface area contributed by atoms with Gasteiger partial charge in [-0.25, -0.2) is 0 Å². The van der Waals surface area contributed by atoms with Gasteiger partial charge in [0.25, 0.3) is 0 Å². The first-order valence-electron chi connectivity index (χ1n) is 23.0. The van der Waals surface area contributed by atoms with Gasteiger partial charge in [-0.2, -0.15) is 0 Å². The van der Waals surface area contributed by atoms with Gasteiger partial charge in [0.15, 0.2) is 5.79 Å². The number of benzene rings is 3. The molecule has 3 aromatic carbocycles. The van der Waals surface area contributed by atoms with Crippen LogP contribution in [-0.4, -0.2) is 103 Å². The van der Waals surface area contributed by atoms with E-state index >= 15 is 0 Å². The van der Waals surface area contributed by atoms with E-state index in [9.17, 15) is 19.2 Å². The van der Waals surface area contributed by atoms with E-state index in [1.165, 1.54) is 25.3 Å². The maximum Gasteiger partial charge on any atom is 0.306 e. The van der Waals surface area contributed by atoms with Crippen LogP contribution < -0.4 is 0 Å². The molecule has 1 aliphatic carbocycles. The molecule has 12 heteroatoms. The van der Waals surface area contributed by atoms with Gasteiger partial charge in [0, 0.05) is 50.2 Å². The molecule has 0 N–H and O–H groups in total. The predicted molar refractivity (Wildman–Crippen MR) is 240 cm³/mol. The van der Waals surface area contributed by atoms with Gasteiger partial charge in [-0.1, -0.05) is 52.0 Å². The number of amides is 2. The van der Waals surface area contributed by atoms with Crippen LogP contribution in [0, 0.1) is 23.7 Å². The number of carbonyl (C=O) groups excluding carboxylic acids is 4. The third-order valence-electron chi connectivity index (χ3n) is 14.5. The number of esters is 2. The van der Waals surface area contributed by atoms with E-state index in [1.54, 1.807) is 0 Å². The van der Waals surface area contributed by atoms with Crippen LogP contribution in [0.4, 0.5) is 11.4 Å². The van der Waals surface area contributed by atoms with Gasteiger partial charge in [0.05, 0.1) is 75.6 Å². The number of carbonyl (C=O) groups is 4. The second kappa shape index (κ2) is 17.4. The van der Waals surface area contributed by atoms with Crippen molar-refractivity contribution in [3.8, 4) is 22.3 Å². The minimum absolute atomic E-state index is 0.00956. The van der Waals surface area contributed by atoms with Crippen molar-refractivity contribution in [2.24, 2.45) is 33.7 Å². The second-order valence-corrected chi connectivity index (χ2v) is 19.0. The summed E-state index contributed by atoms with van der Waals surface area (Å²) in [5.41, 5.74) is 13.2. The lowest BCUT2D eigenvalue weighted by atomic mass is 9.89. The Morgan fingerprint density at radius 1 is 0.667 bits per heavy atom. The number of rotatable bonds is 12. The molecule has 63 heavy (non-hydrogen) atoms. The van der Waals surface area contributed by atoms with E-state index in [2.05, 4.69) is 48.5 Å². The maximum absolute atomic E-state index is 13.9. The van der Waals surface area contributed by atoms with Crippen LogP contribution in [0.2, 0.25) is 0 Å². The molecule has 2 amide bonds. The summed E-state index contributed by atoms with van der Waals surface area (Å²) in [4.78, 5) is 66.4. The highest BCUT2D eigenvalue weighted by Gasteiger charge is 2.45. The van der Waals surface area contributed by atoms with Crippen LogP contribution in [0.5, 0.6) is 0 Å². The van der Waals surface area contributed by atoms with Crippen molar-refractivity contribution in [3.05, 3.63) is 70.8 Å². The minimum atomic E-state index is -0.687. The fraction of sp³-hybridized carbons (Fsp3) is 0.529. The van der Waals surface area contributed by atoms with Crippen LogP contribution in [0.1, 0.15) is 88.5 Å². The summed E-state index contributed by atoms with van der Waals surface area (Å²) < 4.78 is 22.6. The predicted octanol–water partition coefficient (Wildman–Crippen LogP) is 7.77. The molecule has 3 aromatic rings. The Morgan fingerprint density at radius 2 is 1.10 bits per heavy atom. The molecule has 0 bridgehead atoms. The molecule has 5 heterocycles. The Bertz CT molecular complexity index is 2240. The Kier molecular flexibility index (Phi) is 11.9. The van der Waals surface area contributed by atoms with Crippen molar-refractivity contribution in [2.45, 2.75) is 110 Å². The average molecular weight is 857 g/mol. The van der Waals surface area contributed by atoms with Crippen molar-refractivity contribution >= 4 is 46.6 Å². The molecule has 5 aliphatic heterocycles. The van der Waals surface area contributed by atoms with Crippen LogP contribution in [0.25, 0.3) is 22.3 Å². The van der Waals surface area contributed by atoms with E-state index in [1.807, 2.05) is 37.5 Å². The van der Waals surface area contributed by atoms with Crippen molar-refractivity contribution < 1.29 is 38.1 Å². The van der Waals surface area contributed by atoms with Gasteiger partial charge >= 0.3 is 11.9 Å². The summed E-state index contributed by atoms with van der Waals surface area (Å²) >= 11 is 0. The van der Waals surface area contributed by atoms with Gasteiger partial charge in [-0.15, -0.1) is 0 Å². The van der Waals surface area contributed by atoms with Crippen molar-refractivity contribution in [1.82, 2.24) is 9.80 Å². The topological polar surface area (TPSA) is 136 Å². The zero-order valence-corrected chi connectivity index (χ0v) is 37.5. The molecule has 0 saturated carbocycles. The lowest BCUT2D eigenvalue weighted by molar-refractivity contribution is -0.148. The molecule has 332 valence electrons. The molecule has 0 radical (unpaired) electrons. The summed E-state index contributed by atoms with van der Waals surface area (Å²) in [6.45, 7) is 10.4. The Hall–Kier alpha value is -5.20. The van der Waals surface area contributed by atoms with E-state index < -0.39 is 17.6 Å². The van der Waals surface area contributed by atoms with Crippen LogP contribution >= 0.6 is 0 Å². The van der Waals surface area contributed by atoms with Gasteiger partial charge in [-0.05, 0) is 106 Å². The van der Waals surface area contributed by atoms with Gasteiger partial charge in [0.2, 0.25) is 11.8 Å². The van der Waals surface area contributed by atoms with Gasteiger partial charge in [0.1, 0.15) is 0 Å². The number of likely N-dealkylation sites (tertiary alicyclic amines) is 2. The van der Waals surface area contributed by atoms with E-state index in [0.717, 1.165) is 81.9 Å². The molecular formula is C51H60N4O8. The molecule has 3 saturated heterocycles. The quantitative estimate of drug-likeness (QED) is 0.169. The second-order valence-electron chi connectivity index (χ2n) is 19.0. The van der Waals surface area contributed by atoms with Crippen LogP contribution in [0.3, 0.4) is 0 Å². The van der Waals surface area contributed by atoms with Crippen LogP contribution in [0.15, 0.2) is 58.5 Å². The first-order valence-corrected chi connectivity index (χ1v) is 23.0. The smallest absolute Gasteiger partial charge is 0.306 e. The average Bonchev–Trinajstić information content (AvgIpc) is 4.14. The first kappa shape index (κ1) is 43.1. The Labute approximate surface area is 370 Å². The summed E-state index contributed by atoms with van der Waals surface area (Å²) in [7, 11) is 2.74. The highest BCUT2D eigenvalue weighted by molar-refractivity contribution is 6.02. The van der Waals surface area contributed by atoms with E-state index in [4.69, 9.17) is 28.9 Å². The third kappa shape index (κ3) is 8.14. The van der Waals surface area contributed by atoms with E-state index in [0.29, 0.717) is 52.0 Å². The molecule has 1 spiro atoms. The zero-order valence-electron chi connectivity index (χ0n) is 37.5. The molecule has 9 rings (SSSR count). The third-order valence-corrected chi connectivity index (χ3v) is 14.5. The molecule has 12 nitrogen and oxygen atoms in total. The highest BCUT2D eigenvalue weighted by atomic mass is 16.7. The lowest BCUT2D eigenvalue weighted by Crippen LogP contribution is -2.45. The first-order chi connectivity index (χ1) is 30.4. The Balaban J connectivity index is 0.952. The minimum Gasteiger partial charge on any atom is -0.469 e. The summed E-state index contributed by atoms with van der Waals surface area (Å²) in [6, 6.07) is 17.4. The van der Waals surface area contributed by atoms with Crippen molar-refractivity contribution in [3.63, 3.8) is 0 Å². The van der Waals surface area contributed by atoms with Crippen molar-refractivity contribution in [1.29, 1.82) is 0 Å². The highest BCUT2D eigenvalue weighted by Crippen LogP contribution is 2.47. The molecule has 0 aromatic heterocycles. The van der Waals surface area contributed by atoms with Crippen molar-refractivity contribution in [2.75, 3.05) is 40.5 Å². The molecule has 3 fully saturated rings. The fourth-order valence-electron chi connectivity index (χ4n) is 11.0. The summed E-state index contributed by atoms with van der Waals surface area (Å²) in [6.07, 6.45) is 6.35. The number of hydrogen-bond acceptors (Lipinski definition) is 10. The molecular weight excluding hydrogens is 797 g/mol. The normalized spacial score (nSPS) is 21.7. The largest absolute Gasteiger partial charge is 0.469 e. The lowest BCUT2D eigenvalue weighted by Gasteiger charge is -2.30. The zero-order chi connectivity index (χ0) is 44.2. The number of methoxy groups -OCH3 is 2. The molecule has 1 unspecified atom stereocenters.